The van der Waals surface area contributed by atoms with Gasteiger partial charge in [-0.3, -0.25) is 14.8 Å². The Morgan fingerprint density at radius 3 is 2.45 bits per heavy atom. The van der Waals surface area contributed by atoms with Crippen molar-refractivity contribution in [3.05, 3.63) is 113 Å². The Balaban J connectivity index is 1.07. The molecule has 2 aliphatic heterocycles. The van der Waals surface area contributed by atoms with Crippen LogP contribution in [0.15, 0.2) is 79.0 Å². The highest BCUT2D eigenvalue weighted by atomic mass is 32.1. The van der Waals surface area contributed by atoms with E-state index in [-0.39, 0.29) is 11.6 Å². The molecule has 0 radical (unpaired) electrons. The Labute approximate surface area is 312 Å². The number of hydrogen-bond acceptors (Lipinski definition) is 10. The Hall–Kier alpha value is -5.62. The van der Waals surface area contributed by atoms with Crippen LogP contribution in [0.3, 0.4) is 0 Å². The monoisotopic (exact) mass is 726 g/mol. The van der Waals surface area contributed by atoms with Crippen LogP contribution in [-0.2, 0) is 24.2 Å². The molecule has 0 aliphatic carbocycles. The van der Waals surface area contributed by atoms with Gasteiger partial charge >= 0.3 is 5.97 Å². The highest BCUT2D eigenvalue weighted by Gasteiger charge is 2.28. The minimum absolute atomic E-state index is 0.203. The zero-order valence-corrected chi connectivity index (χ0v) is 31.2. The van der Waals surface area contributed by atoms with Gasteiger partial charge in [-0.05, 0) is 101 Å². The number of nitrogens with zero attached hydrogens (tertiary/aromatic N) is 7. The summed E-state index contributed by atoms with van der Waals surface area (Å²) in [6.07, 6.45) is 5.06. The molecule has 11 nitrogen and oxygen atoms in total. The summed E-state index contributed by atoms with van der Waals surface area (Å²) in [5.41, 5.74) is 6.16. The molecule has 2 aliphatic rings. The van der Waals surface area contributed by atoms with Gasteiger partial charge in [0.15, 0.2) is 10.8 Å². The summed E-state index contributed by atoms with van der Waals surface area (Å²) in [5, 5.41) is 8.40. The number of pyridine rings is 2. The number of thiazole rings is 1. The first-order valence-corrected chi connectivity index (χ1v) is 18.9. The molecule has 0 unspecified atom stereocenters. The third-order valence-electron chi connectivity index (χ3n) is 9.61. The van der Waals surface area contributed by atoms with Gasteiger partial charge in [-0.1, -0.05) is 41.7 Å². The van der Waals surface area contributed by atoms with Crippen molar-refractivity contribution in [2.75, 3.05) is 34.8 Å². The lowest BCUT2D eigenvalue weighted by atomic mass is 9.94. The van der Waals surface area contributed by atoms with E-state index in [9.17, 15) is 9.59 Å². The van der Waals surface area contributed by atoms with Gasteiger partial charge in [0, 0.05) is 49.1 Å². The van der Waals surface area contributed by atoms with Crippen LogP contribution in [0.2, 0.25) is 0 Å². The normalized spacial score (nSPS) is 14.4. The highest BCUT2D eigenvalue weighted by Crippen LogP contribution is 2.33. The van der Waals surface area contributed by atoms with E-state index in [0.29, 0.717) is 41.7 Å². The van der Waals surface area contributed by atoms with Crippen molar-refractivity contribution in [1.29, 1.82) is 0 Å². The summed E-state index contributed by atoms with van der Waals surface area (Å²) in [4.78, 5) is 46.4. The van der Waals surface area contributed by atoms with Gasteiger partial charge in [-0.15, -0.1) is 0 Å². The molecule has 0 spiro atoms. The standard InChI is InChI=1S/C41H42N8O3S/c1-26-31(25-49(46-26)23-28-12-10-16-35(42-28)47-20-7-8-21-47)29-17-18-36(44-37(29)39(51)52-41(2,3)4)48-22-19-27-11-9-13-30(32(27)24-48)38(50)45-40-43-33-14-5-6-15-34(33)53-40/h5-6,9-18,25H,7-8,19-24H2,1-4H3,(H,43,45,50). The molecular weight excluding hydrogens is 685 g/mol. The van der Waals surface area contributed by atoms with E-state index in [1.165, 1.54) is 24.2 Å². The summed E-state index contributed by atoms with van der Waals surface area (Å²) in [6.45, 7) is 11.2. The van der Waals surface area contributed by atoms with Gasteiger partial charge in [0.05, 0.1) is 28.1 Å². The van der Waals surface area contributed by atoms with Crippen molar-refractivity contribution in [1.82, 2.24) is 24.7 Å². The highest BCUT2D eigenvalue weighted by molar-refractivity contribution is 7.22. The molecule has 4 aromatic heterocycles. The number of ether oxygens (including phenoxy) is 1. The molecule has 53 heavy (non-hydrogen) atoms. The lowest BCUT2D eigenvalue weighted by Gasteiger charge is -2.31. The molecule has 6 aromatic rings. The summed E-state index contributed by atoms with van der Waals surface area (Å²) < 4.78 is 8.78. The maximum atomic E-state index is 13.8. The van der Waals surface area contributed by atoms with E-state index < -0.39 is 11.6 Å². The second-order valence-corrected chi connectivity index (χ2v) is 15.7. The van der Waals surface area contributed by atoms with Crippen LogP contribution in [0.25, 0.3) is 21.3 Å². The fourth-order valence-corrected chi connectivity index (χ4v) is 7.97. The Kier molecular flexibility index (Phi) is 9.15. The third kappa shape index (κ3) is 7.36. The zero-order valence-electron chi connectivity index (χ0n) is 30.4. The topological polar surface area (TPSA) is 118 Å². The summed E-state index contributed by atoms with van der Waals surface area (Å²) in [7, 11) is 0. The van der Waals surface area contributed by atoms with E-state index in [0.717, 1.165) is 63.6 Å². The average Bonchev–Trinajstić information content (AvgIpc) is 3.90. The number of carbonyl (C=O) groups excluding carboxylic acids is 2. The molecule has 2 aromatic carbocycles. The van der Waals surface area contributed by atoms with Crippen LogP contribution in [0.5, 0.6) is 0 Å². The molecule has 0 bridgehead atoms. The van der Waals surface area contributed by atoms with Crippen molar-refractivity contribution in [3.63, 3.8) is 0 Å². The van der Waals surface area contributed by atoms with E-state index >= 15 is 0 Å². The molecule has 1 N–H and O–H groups in total. The number of fused-ring (bicyclic) bond motifs is 2. The number of amides is 1. The zero-order chi connectivity index (χ0) is 36.7. The first-order valence-electron chi connectivity index (χ1n) is 18.1. The van der Waals surface area contributed by atoms with Crippen molar-refractivity contribution in [3.8, 4) is 11.1 Å². The predicted octanol–water partition coefficient (Wildman–Crippen LogP) is 7.68. The number of esters is 1. The number of carbonyl (C=O) groups is 2. The SMILES string of the molecule is Cc1nn(Cc2cccc(N3CCCC3)n2)cc1-c1ccc(N2CCc3cccc(C(=O)Nc4nc5ccccc5s4)c3C2)nc1C(=O)OC(C)(C)C. The summed E-state index contributed by atoms with van der Waals surface area (Å²) in [5.74, 6) is 0.924. The first-order chi connectivity index (χ1) is 25.6. The molecule has 1 saturated heterocycles. The van der Waals surface area contributed by atoms with E-state index in [1.807, 2.05) is 99.2 Å². The van der Waals surface area contributed by atoms with Gasteiger partial charge in [0.2, 0.25) is 0 Å². The van der Waals surface area contributed by atoms with Crippen molar-refractivity contribution >= 4 is 50.2 Å². The number of aromatic nitrogens is 5. The summed E-state index contributed by atoms with van der Waals surface area (Å²) in [6, 6.07) is 23.7. The quantitative estimate of drug-likeness (QED) is 0.158. The van der Waals surface area contributed by atoms with Crippen LogP contribution in [0, 0.1) is 6.92 Å². The molecule has 270 valence electrons. The van der Waals surface area contributed by atoms with E-state index in [1.54, 1.807) is 0 Å². The predicted molar refractivity (Wildman–Crippen MR) is 209 cm³/mol. The maximum absolute atomic E-state index is 13.8. The van der Waals surface area contributed by atoms with Gasteiger partial charge in [0.25, 0.3) is 5.91 Å². The van der Waals surface area contributed by atoms with Crippen molar-refractivity contribution < 1.29 is 14.3 Å². The second kappa shape index (κ2) is 14.1. The van der Waals surface area contributed by atoms with Crippen LogP contribution in [0.4, 0.5) is 16.8 Å². The molecular formula is C41H42N8O3S. The number of aryl methyl sites for hydroxylation is 1. The lowest BCUT2D eigenvalue weighted by molar-refractivity contribution is 0.00638. The number of hydrogen-bond donors (Lipinski definition) is 1. The van der Waals surface area contributed by atoms with Gasteiger partial charge in [0.1, 0.15) is 17.2 Å². The number of rotatable bonds is 8. The van der Waals surface area contributed by atoms with Crippen LogP contribution < -0.4 is 15.1 Å². The smallest absolute Gasteiger partial charge is 0.358 e. The van der Waals surface area contributed by atoms with Gasteiger partial charge < -0.3 is 14.5 Å². The Morgan fingerprint density at radius 2 is 1.64 bits per heavy atom. The number of para-hydroxylation sites is 1. The molecule has 1 fully saturated rings. The Bertz CT molecular complexity index is 2300. The van der Waals surface area contributed by atoms with Crippen molar-refractivity contribution in [2.24, 2.45) is 0 Å². The first kappa shape index (κ1) is 34.5. The maximum Gasteiger partial charge on any atom is 0.358 e. The van der Waals surface area contributed by atoms with Crippen LogP contribution in [-0.4, -0.2) is 61.8 Å². The van der Waals surface area contributed by atoms with E-state index in [2.05, 4.69) is 32.2 Å². The number of anilines is 3. The van der Waals surface area contributed by atoms with E-state index in [4.69, 9.17) is 19.8 Å². The third-order valence-corrected chi connectivity index (χ3v) is 10.6. The molecule has 6 heterocycles. The summed E-state index contributed by atoms with van der Waals surface area (Å²) >= 11 is 1.45. The second-order valence-electron chi connectivity index (χ2n) is 14.6. The number of nitrogens with one attached hydrogen (secondary N) is 1. The van der Waals surface area contributed by atoms with Crippen LogP contribution >= 0.6 is 11.3 Å². The molecule has 8 rings (SSSR count). The Morgan fingerprint density at radius 1 is 0.849 bits per heavy atom. The minimum Gasteiger partial charge on any atom is -0.455 e. The molecule has 1 amide bonds. The van der Waals surface area contributed by atoms with Gasteiger partial charge in [-0.2, -0.15) is 5.10 Å². The number of benzene rings is 2. The molecule has 0 saturated carbocycles. The fraction of sp³-hybridized carbons (Fsp3) is 0.317. The fourth-order valence-electron chi connectivity index (χ4n) is 7.11. The largest absolute Gasteiger partial charge is 0.455 e. The average molecular weight is 727 g/mol. The molecule has 0 atom stereocenters. The lowest BCUT2D eigenvalue weighted by Crippen LogP contribution is -2.33. The van der Waals surface area contributed by atoms with Crippen molar-refractivity contribution in [2.45, 2.75) is 65.6 Å². The minimum atomic E-state index is -0.715. The molecule has 12 heteroatoms. The van der Waals surface area contributed by atoms with Crippen LogP contribution in [0.1, 0.15) is 77.0 Å². The van der Waals surface area contributed by atoms with Gasteiger partial charge in [-0.25, -0.2) is 19.7 Å².